The number of hydrogen-bond donors (Lipinski definition) is 1. The minimum atomic E-state index is -4.48. The minimum absolute atomic E-state index is 0.337. The molecule has 21 heavy (non-hydrogen) atoms. The number of nitriles is 1. The van der Waals surface area contributed by atoms with Crippen LogP contribution in [0.3, 0.4) is 0 Å². The van der Waals surface area contributed by atoms with E-state index in [-0.39, 0.29) is 6.54 Å². The van der Waals surface area contributed by atoms with Crippen molar-refractivity contribution in [1.82, 2.24) is 9.78 Å². The van der Waals surface area contributed by atoms with Crippen molar-refractivity contribution >= 4 is 11.6 Å². The molecule has 0 saturated heterocycles. The lowest BCUT2D eigenvalue weighted by molar-refractivity contribution is -0.137. The Hall–Kier alpha value is -2.82. The van der Waals surface area contributed by atoms with Gasteiger partial charge in [-0.1, -0.05) is 0 Å². The van der Waals surface area contributed by atoms with E-state index in [9.17, 15) is 18.0 Å². The van der Waals surface area contributed by atoms with Crippen LogP contribution in [-0.2, 0) is 17.5 Å². The molecule has 0 bridgehead atoms. The number of nitrogens with zero attached hydrogens (tertiary/aromatic N) is 3. The molecule has 0 atom stereocenters. The third-order valence-electron chi connectivity index (χ3n) is 2.56. The molecule has 0 unspecified atom stereocenters. The average molecular weight is 294 g/mol. The molecule has 0 radical (unpaired) electrons. The van der Waals surface area contributed by atoms with Crippen LogP contribution in [0.25, 0.3) is 0 Å². The van der Waals surface area contributed by atoms with Crippen molar-refractivity contribution in [2.24, 2.45) is 0 Å². The van der Waals surface area contributed by atoms with Gasteiger partial charge in [0.25, 0.3) is 0 Å². The van der Waals surface area contributed by atoms with Crippen LogP contribution in [0.15, 0.2) is 36.7 Å². The number of anilines is 1. The molecule has 2 rings (SSSR count). The molecule has 0 saturated carbocycles. The van der Waals surface area contributed by atoms with E-state index < -0.39 is 17.6 Å². The fraction of sp³-hybridized carbons (Fsp3) is 0.154. The molecule has 1 aromatic carbocycles. The summed E-state index contributed by atoms with van der Waals surface area (Å²) in [7, 11) is 0. The lowest BCUT2D eigenvalue weighted by Crippen LogP contribution is -2.19. The van der Waals surface area contributed by atoms with Gasteiger partial charge in [0.1, 0.15) is 6.54 Å². The molecule has 1 heterocycles. The van der Waals surface area contributed by atoms with Crippen LogP contribution in [0.1, 0.15) is 11.1 Å². The number of hydrogen-bond acceptors (Lipinski definition) is 3. The highest BCUT2D eigenvalue weighted by Crippen LogP contribution is 2.28. The summed E-state index contributed by atoms with van der Waals surface area (Å²) in [4.78, 5) is 11.7. The Morgan fingerprint density at radius 2 is 2.00 bits per heavy atom. The summed E-state index contributed by atoms with van der Waals surface area (Å²) in [5, 5.41) is 14.6. The Morgan fingerprint density at radius 3 is 2.52 bits per heavy atom. The van der Waals surface area contributed by atoms with Gasteiger partial charge in [-0.15, -0.1) is 0 Å². The highest BCUT2D eigenvalue weighted by molar-refractivity contribution is 5.90. The predicted octanol–water partition coefficient (Wildman–Crippen LogP) is 2.41. The zero-order chi connectivity index (χ0) is 15.5. The smallest absolute Gasteiger partial charge is 0.324 e. The molecule has 0 aliphatic heterocycles. The number of carbonyl (C=O) groups is 1. The van der Waals surface area contributed by atoms with E-state index in [1.807, 2.05) is 6.07 Å². The van der Waals surface area contributed by atoms with Crippen molar-refractivity contribution in [2.45, 2.75) is 12.7 Å². The Bertz CT molecular complexity index is 683. The fourth-order valence-corrected chi connectivity index (χ4v) is 1.57. The maximum Gasteiger partial charge on any atom is 0.419 e. The molecule has 108 valence electrons. The first kappa shape index (κ1) is 14.6. The van der Waals surface area contributed by atoms with E-state index >= 15 is 0 Å². The Kier molecular flexibility index (Phi) is 3.93. The number of halogens is 3. The molecule has 5 nitrogen and oxygen atoms in total. The fourth-order valence-electron chi connectivity index (χ4n) is 1.57. The van der Waals surface area contributed by atoms with Crippen LogP contribution in [0, 0.1) is 11.3 Å². The second kappa shape index (κ2) is 5.66. The predicted molar refractivity (Wildman–Crippen MR) is 67.0 cm³/mol. The van der Waals surface area contributed by atoms with Crippen LogP contribution >= 0.6 is 0 Å². The summed E-state index contributed by atoms with van der Waals surface area (Å²) in [5.74, 6) is -0.517. The summed E-state index contributed by atoms with van der Waals surface area (Å²) < 4.78 is 38.0. The lowest BCUT2D eigenvalue weighted by Gasteiger charge is -2.05. The van der Waals surface area contributed by atoms with Gasteiger partial charge in [-0.3, -0.25) is 9.48 Å². The monoisotopic (exact) mass is 294 g/mol. The Morgan fingerprint density at radius 1 is 1.33 bits per heavy atom. The lowest BCUT2D eigenvalue weighted by atomic mass is 10.2. The van der Waals surface area contributed by atoms with Crippen molar-refractivity contribution in [3.63, 3.8) is 0 Å². The molecule has 1 aromatic heterocycles. The molecule has 2 aromatic rings. The molecule has 0 spiro atoms. The van der Waals surface area contributed by atoms with Gasteiger partial charge in [0.15, 0.2) is 0 Å². The SMILES string of the molecule is N#Cc1ccc(NC(=O)Cn2cc(C(F)(F)F)cn2)cc1. The highest BCUT2D eigenvalue weighted by atomic mass is 19.4. The van der Waals surface area contributed by atoms with Gasteiger partial charge in [-0.05, 0) is 24.3 Å². The van der Waals surface area contributed by atoms with Gasteiger partial charge in [0.05, 0.1) is 23.4 Å². The molecule has 8 heteroatoms. The molecule has 0 aliphatic carbocycles. The topological polar surface area (TPSA) is 70.7 Å². The van der Waals surface area contributed by atoms with Crippen molar-refractivity contribution in [3.05, 3.63) is 47.8 Å². The van der Waals surface area contributed by atoms with Crippen molar-refractivity contribution < 1.29 is 18.0 Å². The standard InChI is InChI=1S/C13H9F3N4O/c14-13(15,16)10-6-18-20(7-10)8-12(21)19-11-3-1-9(5-17)2-4-11/h1-4,6-7H,8H2,(H,19,21). The van der Waals surface area contributed by atoms with E-state index in [2.05, 4.69) is 10.4 Å². The van der Waals surface area contributed by atoms with Crippen molar-refractivity contribution in [3.8, 4) is 6.07 Å². The van der Waals surface area contributed by atoms with Gasteiger partial charge in [0, 0.05) is 11.9 Å². The number of nitrogens with one attached hydrogen (secondary N) is 1. The van der Waals surface area contributed by atoms with Gasteiger partial charge in [-0.25, -0.2) is 0 Å². The second-order valence-electron chi connectivity index (χ2n) is 4.16. The first-order chi connectivity index (χ1) is 9.88. The summed E-state index contributed by atoms with van der Waals surface area (Å²) >= 11 is 0. The minimum Gasteiger partial charge on any atom is -0.324 e. The first-order valence-corrected chi connectivity index (χ1v) is 5.78. The van der Waals surface area contributed by atoms with Crippen molar-refractivity contribution in [2.75, 3.05) is 5.32 Å². The molecule has 0 aliphatic rings. The summed E-state index contributed by atoms with van der Waals surface area (Å²) in [6.07, 6.45) is -3.06. The van der Waals surface area contributed by atoms with E-state index in [0.717, 1.165) is 10.9 Å². The normalized spacial score (nSPS) is 11.0. The second-order valence-corrected chi connectivity index (χ2v) is 4.16. The van der Waals surface area contributed by atoms with Crippen LogP contribution in [-0.4, -0.2) is 15.7 Å². The third-order valence-corrected chi connectivity index (χ3v) is 2.56. The van der Waals surface area contributed by atoms with E-state index in [1.54, 1.807) is 0 Å². The Labute approximate surface area is 117 Å². The van der Waals surface area contributed by atoms with Gasteiger partial charge >= 0.3 is 6.18 Å². The number of amides is 1. The van der Waals surface area contributed by atoms with Crippen molar-refractivity contribution in [1.29, 1.82) is 5.26 Å². The first-order valence-electron chi connectivity index (χ1n) is 5.78. The number of carbonyl (C=O) groups excluding carboxylic acids is 1. The van der Waals surface area contributed by atoms with E-state index in [4.69, 9.17) is 5.26 Å². The maximum atomic E-state index is 12.4. The summed E-state index contributed by atoms with van der Waals surface area (Å²) in [6.45, 7) is -0.337. The van der Waals surface area contributed by atoms with Crippen LogP contribution in [0.5, 0.6) is 0 Å². The van der Waals surface area contributed by atoms with Crippen LogP contribution < -0.4 is 5.32 Å². The summed E-state index contributed by atoms with van der Waals surface area (Å²) in [6, 6.07) is 8.03. The zero-order valence-corrected chi connectivity index (χ0v) is 10.6. The maximum absolute atomic E-state index is 12.4. The summed E-state index contributed by atoms with van der Waals surface area (Å²) in [5.41, 5.74) is -0.0224. The van der Waals surface area contributed by atoms with Crippen LogP contribution in [0.2, 0.25) is 0 Å². The van der Waals surface area contributed by atoms with Crippen LogP contribution in [0.4, 0.5) is 18.9 Å². The molecular weight excluding hydrogens is 285 g/mol. The number of rotatable bonds is 3. The van der Waals surface area contributed by atoms with Gasteiger partial charge in [-0.2, -0.15) is 23.5 Å². The average Bonchev–Trinajstić information content (AvgIpc) is 2.88. The number of alkyl halides is 3. The number of aromatic nitrogens is 2. The zero-order valence-electron chi connectivity index (χ0n) is 10.6. The highest BCUT2D eigenvalue weighted by Gasteiger charge is 2.32. The third kappa shape index (κ3) is 3.82. The molecular formula is C13H9F3N4O. The molecule has 1 N–H and O–H groups in total. The van der Waals surface area contributed by atoms with E-state index in [1.165, 1.54) is 24.3 Å². The van der Waals surface area contributed by atoms with E-state index in [0.29, 0.717) is 17.4 Å². The quantitative estimate of drug-likeness (QED) is 0.945. The largest absolute Gasteiger partial charge is 0.419 e. The Balaban J connectivity index is 1.98. The molecule has 0 fully saturated rings. The molecule has 1 amide bonds. The van der Waals surface area contributed by atoms with Gasteiger partial charge < -0.3 is 5.32 Å². The number of benzene rings is 1. The van der Waals surface area contributed by atoms with Gasteiger partial charge in [0.2, 0.25) is 5.91 Å².